The maximum atomic E-state index is 11.9. The third-order valence-corrected chi connectivity index (χ3v) is 3.82. The molecule has 1 aromatic carbocycles. The minimum atomic E-state index is -0.843. The van der Waals surface area contributed by atoms with Gasteiger partial charge in [-0.25, -0.2) is 0 Å². The van der Waals surface area contributed by atoms with Crippen LogP contribution in [0.1, 0.15) is 15.9 Å². The Balaban J connectivity index is 1.77. The Labute approximate surface area is 132 Å². The van der Waals surface area contributed by atoms with Gasteiger partial charge >= 0.3 is 5.97 Å². The average molecular weight is 319 g/mol. The van der Waals surface area contributed by atoms with Crippen molar-refractivity contribution in [2.45, 2.75) is 6.54 Å². The molecule has 1 aromatic heterocycles. The average Bonchev–Trinajstić information content (AvgIpc) is 3.00. The lowest BCUT2D eigenvalue weighted by atomic mass is 10.1. The van der Waals surface area contributed by atoms with Gasteiger partial charge in [0, 0.05) is 30.3 Å². The fraction of sp³-hybridized carbons (Fsp3) is 0.267. The van der Waals surface area contributed by atoms with Crippen molar-refractivity contribution in [3.05, 3.63) is 53.9 Å². The van der Waals surface area contributed by atoms with Gasteiger partial charge in [-0.1, -0.05) is 12.1 Å². The van der Waals surface area contributed by atoms with E-state index >= 15 is 0 Å². The molecule has 0 saturated heterocycles. The molecule has 7 heteroatoms. The minimum Gasteiger partial charge on any atom is -0.481 e. The van der Waals surface area contributed by atoms with Gasteiger partial charge in [-0.05, 0) is 23.8 Å². The van der Waals surface area contributed by atoms with E-state index in [0.717, 1.165) is 5.56 Å². The second kappa shape index (κ2) is 8.23. The number of carbonyl (C=O) groups is 2. The molecule has 2 rings (SSSR count). The van der Waals surface area contributed by atoms with Gasteiger partial charge in [0.2, 0.25) is 0 Å². The first kappa shape index (κ1) is 16.1. The van der Waals surface area contributed by atoms with E-state index in [1.165, 1.54) is 11.8 Å². The first-order valence-electron chi connectivity index (χ1n) is 6.79. The van der Waals surface area contributed by atoms with Gasteiger partial charge in [0.05, 0.1) is 12.3 Å². The fourth-order valence-corrected chi connectivity index (χ4v) is 2.41. The van der Waals surface area contributed by atoms with Crippen LogP contribution >= 0.6 is 11.8 Å². The Morgan fingerprint density at radius 1 is 1.27 bits per heavy atom. The molecule has 0 saturated carbocycles. The molecule has 1 amide bonds. The molecule has 0 aliphatic carbocycles. The summed E-state index contributed by atoms with van der Waals surface area (Å²) in [5, 5.41) is 15.4. The smallest absolute Gasteiger partial charge is 0.313 e. The van der Waals surface area contributed by atoms with Crippen LogP contribution in [-0.2, 0) is 11.3 Å². The van der Waals surface area contributed by atoms with E-state index in [9.17, 15) is 9.59 Å². The lowest BCUT2D eigenvalue weighted by molar-refractivity contribution is -0.133. The quantitative estimate of drug-likeness (QED) is 0.720. The van der Waals surface area contributed by atoms with Gasteiger partial charge in [0.15, 0.2) is 0 Å². The van der Waals surface area contributed by atoms with Gasteiger partial charge < -0.3 is 10.4 Å². The number of aliphatic carboxylic acids is 1. The van der Waals surface area contributed by atoms with Gasteiger partial charge in [-0.2, -0.15) is 5.10 Å². The zero-order valence-electron chi connectivity index (χ0n) is 11.9. The van der Waals surface area contributed by atoms with E-state index in [0.29, 0.717) is 24.4 Å². The molecule has 1 heterocycles. The molecule has 0 radical (unpaired) electrons. The van der Waals surface area contributed by atoms with E-state index in [2.05, 4.69) is 10.4 Å². The molecule has 0 spiro atoms. The topological polar surface area (TPSA) is 84.2 Å². The highest BCUT2D eigenvalue weighted by Gasteiger charge is 2.05. The minimum absolute atomic E-state index is 0.0536. The number of hydrogen-bond acceptors (Lipinski definition) is 4. The number of rotatable bonds is 8. The Morgan fingerprint density at radius 2 is 2.05 bits per heavy atom. The summed E-state index contributed by atoms with van der Waals surface area (Å²) < 4.78 is 1.81. The predicted molar refractivity (Wildman–Crippen MR) is 85.1 cm³/mol. The molecule has 2 N–H and O–H groups in total. The summed E-state index contributed by atoms with van der Waals surface area (Å²) in [6.45, 7) is 1.12. The van der Waals surface area contributed by atoms with E-state index in [4.69, 9.17) is 5.11 Å². The van der Waals surface area contributed by atoms with Crippen molar-refractivity contribution in [2.24, 2.45) is 0 Å². The molecule has 2 aromatic rings. The maximum absolute atomic E-state index is 11.9. The molecule has 22 heavy (non-hydrogen) atoms. The third kappa shape index (κ3) is 5.25. The molecule has 0 bridgehead atoms. The Hall–Kier alpha value is -2.28. The number of aromatic nitrogens is 2. The zero-order chi connectivity index (χ0) is 15.8. The number of benzene rings is 1. The van der Waals surface area contributed by atoms with Crippen LogP contribution in [-0.4, -0.2) is 44.8 Å². The maximum Gasteiger partial charge on any atom is 0.313 e. The van der Waals surface area contributed by atoms with Crippen LogP contribution in [0.5, 0.6) is 0 Å². The van der Waals surface area contributed by atoms with E-state index < -0.39 is 5.97 Å². The number of amides is 1. The summed E-state index contributed by atoms with van der Waals surface area (Å²) in [4.78, 5) is 22.3. The third-order valence-electron chi connectivity index (χ3n) is 2.88. The van der Waals surface area contributed by atoms with Crippen LogP contribution in [0, 0.1) is 0 Å². The molecule has 0 aliphatic rings. The van der Waals surface area contributed by atoms with Crippen LogP contribution in [0.15, 0.2) is 42.7 Å². The van der Waals surface area contributed by atoms with Crippen LogP contribution in [0.2, 0.25) is 0 Å². The summed E-state index contributed by atoms with van der Waals surface area (Å²) in [5.41, 5.74) is 1.66. The normalized spacial score (nSPS) is 10.4. The molecule has 0 aliphatic heterocycles. The van der Waals surface area contributed by atoms with Crippen LogP contribution < -0.4 is 5.32 Å². The molecule has 116 valence electrons. The van der Waals surface area contributed by atoms with Crippen LogP contribution in [0.4, 0.5) is 0 Å². The number of thioether (sulfide) groups is 1. The summed E-state index contributed by atoms with van der Waals surface area (Å²) in [5.74, 6) is -0.362. The highest BCUT2D eigenvalue weighted by atomic mass is 32.2. The molecule has 6 nitrogen and oxygen atoms in total. The van der Waals surface area contributed by atoms with Crippen molar-refractivity contribution >= 4 is 23.6 Å². The first-order chi connectivity index (χ1) is 10.6. The van der Waals surface area contributed by atoms with Crippen molar-refractivity contribution in [1.82, 2.24) is 15.1 Å². The molecular formula is C15H17N3O3S. The predicted octanol–water partition coefficient (Wildman–Crippen LogP) is 1.48. The van der Waals surface area contributed by atoms with Crippen molar-refractivity contribution in [1.29, 1.82) is 0 Å². The number of carbonyl (C=O) groups excluding carboxylic acids is 1. The van der Waals surface area contributed by atoms with Gasteiger partial charge in [0.25, 0.3) is 5.91 Å². The second-order valence-corrected chi connectivity index (χ2v) is 5.71. The number of nitrogens with zero attached hydrogens (tertiary/aromatic N) is 2. The number of nitrogens with one attached hydrogen (secondary N) is 1. The highest BCUT2D eigenvalue weighted by molar-refractivity contribution is 7.99. The summed E-state index contributed by atoms with van der Waals surface area (Å²) in [6, 6.07) is 9.22. The van der Waals surface area contributed by atoms with Gasteiger partial charge in [-0.3, -0.25) is 14.3 Å². The van der Waals surface area contributed by atoms with Crippen molar-refractivity contribution in [3.63, 3.8) is 0 Å². The first-order valence-corrected chi connectivity index (χ1v) is 7.95. The fourth-order valence-electron chi connectivity index (χ4n) is 1.84. The molecular weight excluding hydrogens is 302 g/mol. The van der Waals surface area contributed by atoms with E-state index in [1.54, 1.807) is 18.3 Å². The molecule has 0 atom stereocenters. The summed E-state index contributed by atoms with van der Waals surface area (Å²) >= 11 is 1.28. The van der Waals surface area contributed by atoms with Crippen LogP contribution in [0.3, 0.4) is 0 Å². The monoisotopic (exact) mass is 319 g/mol. The number of carboxylic acids is 1. The number of hydrogen-bond donors (Lipinski definition) is 2. The largest absolute Gasteiger partial charge is 0.481 e. The van der Waals surface area contributed by atoms with E-state index in [-0.39, 0.29) is 11.7 Å². The van der Waals surface area contributed by atoms with Crippen molar-refractivity contribution in [3.8, 4) is 0 Å². The lowest BCUT2D eigenvalue weighted by Gasteiger charge is -2.06. The SMILES string of the molecule is O=C(O)CSCCNC(=O)c1ccc(Cn2cccn2)cc1. The lowest BCUT2D eigenvalue weighted by Crippen LogP contribution is -2.26. The Kier molecular flexibility index (Phi) is 6.02. The molecule has 0 unspecified atom stereocenters. The van der Waals surface area contributed by atoms with Crippen molar-refractivity contribution in [2.75, 3.05) is 18.1 Å². The summed E-state index contributed by atoms with van der Waals surface area (Å²) in [7, 11) is 0. The number of carboxylic acid groups (broad SMARTS) is 1. The van der Waals surface area contributed by atoms with E-state index in [1.807, 2.05) is 29.1 Å². The van der Waals surface area contributed by atoms with Gasteiger partial charge in [-0.15, -0.1) is 11.8 Å². The van der Waals surface area contributed by atoms with Crippen molar-refractivity contribution < 1.29 is 14.7 Å². The molecule has 0 fully saturated rings. The van der Waals surface area contributed by atoms with Gasteiger partial charge in [0.1, 0.15) is 0 Å². The highest BCUT2D eigenvalue weighted by Crippen LogP contribution is 2.06. The summed E-state index contributed by atoms with van der Waals surface area (Å²) in [6.07, 6.45) is 3.61. The van der Waals surface area contributed by atoms with Crippen LogP contribution in [0.25, 0.3) is 0 Å². The standard InChI is InChI=1S/C15H17N3O3S/c19-14(20)11-22-9-7-16-15(21)13-4-2-12(3-5-13)10-18-8-1-6-17-18/h1-6,8H,7,9-11H2,(H,16,21)(H,19,20). The second-order valence-electron chi connectivity index (χ2n) is 4.60. The Morgan fingerprint density at radius 3 is 2.68 bits per heavy atom. The zero-order valence-corrected chi connectivity index (χ0v) is 12.8. The Bertz CT molecular complexity index is 611.